The molecular formula is C15H20N2O3. The second-order valence-electron chi connectivity index (χ2n) is 5.45. The quantitative estimate of drug-likeness (QED) is 0.900. The van der Waals surface area contributed by atoms with Crippen LogP contribution in [0.3, 0.4) is 0 Å². The van der Waals surface area contributed by atoms with Crippen LogP contribution in [0.4, 0.5) is 4.79 Å². The van der Waals surface area contributed by atoms with Gasteiger partial charge in [-0.25, -0.2) is 9.59 Å². The van der Waals surface area contributed by atoms with Crippen molar-refractivity contribution in [1.82, 2.24) is 9.80 Å². The predicted molar refractivity (Wildman–Crippen MR) is 75.8 cm³/mol. The lowest BCUT2D eigenvalue weighted by Gasteiger charge is -2.34. The molecule has 0 atom stereocenters. The topological polar surface area (TPSA) is 60.9 Å². The molecule has 1 aliphatic heterocycles. The second-order valence-corrected chi connectivity index (χ2v) is 5.45. The summed E-state index contributed by atoms with van der Waals surface area (Å²) in [6, 6.07) is 5.29. The molecule has 0 aliphatic carbocycles. The molecule has 1 aliphatic rings. The highest BCUT2D eigenvalue weighted by Crippen LogP contribution is 2.21. The van der Waals surface area contributed by atoms with Gasteiger partial charge >= 0.3 is 12.0 Å². The maximum absolute atomic E-state index is 12.3. The standard InChI is InChI=1S/C15H20N2O3/c1-10(2)16(3)15(20)17-7-6-11-4-5-12(14(18)19)8-13(11)9-17/h4-5,8,10H,6-7,9H2,1-3H3,(H,18,19). The molecule has 0 radical (unpaired) electrons. The molecule has 0 spiro atoms. The maximum Gasteiger partial charge on any atom is 0.335 e. The molecule has 0 bridgehead atoms. The Balaban J connectivity index is 2.19. The van der Waals surface area contributed by atoms with Gasteiger partial charge < -0.3 is 14.9 Å². The van der Waals surface area contributed by atoms with Gasteiger partial charge in [-0.05, 0) is 43.5 Å². The molecule has 1 aromatic rings. The first-order valence-electron chi connectivity index (χ1n) is 6.77. The summed E-state index contributed by atoms with van der Waals surface area (Å²) in [5.41, 5.74) is 2.34. The number of amides is 2. The van der Waals surface area contributed by atoms with E-state index in [4.69, 9.17) is 5.11 Å². The Morgan fingerprint density at radius 2 is 2.00 bits per heavy atom. The van der Waals surface area contributed by atoms with Crippen molar-refractivity contribution < 1.29 is 14.7 Å². The molecule has 1 N–H and O–H groups in total. The molecule has 0 saturated carbocycles. The maximum atomic E-state index is 12.3. The monoisotopic (exact) mass is 276 g/mol. The first-order valence-corrected chi connectivity index (χ1v) is 6.77. The average molecular weight is 276 g/mol. The van der Waals surface area contributed by atoms with Crippen molar-refractivity contribution in [3.8, 4) is 0 Å². The lowest BCUT2D eigenvalue weighted by molar-refractivity contribution is 0.0696. The summed E-state index contributed by atoms with van der Waals surface area (Å²) in [7, 11) is 1.79. The Morgan fingerprint density at radius 3 is 2.60 bits per heavy atom. The second kappa shape index (κ2) is 5.53. The first-order chi connectivity index (χ1) is 9.40. The fraction of sp³-hybridized carbons (Fsp3) is 0.467. The minimum Gasteiger partial charge on any atom is -0.478 e. The van der Waals surface area contributed by atoms with E-state index in [1.807, 2.05) is 19.9 Å². The van der Waals surface area contributed by atoms with Crippen LogP contribution in [0.15, 0.2) is 18.2 Å². The number of urea groups is 1. The van der Waals surface area contributed by atoms with Gasteiger partial charge in [-0.15, -0.1) is 0 Å². The highest BCUT2D eigenvalue weighted by molar-refractivity contribution is 5.88. The van der Waals surface area contributed by atoms with E-state index in [1.54, 1.807) is 29.0 Å². The number of rotatable bonds is 2. The smallest absolute Gasteiger partial charge is 0.335 e. The van der Waals surface area contributed by atoms with Crippen LogP contribution in [-0.4, -0.2) is 46.5 Å². The highest BCUT2D eigenvalue weighted by Gasteiger charge is 2.24. The molecule has 5 heteroatoms. The van der Waals surface area contributed by atoms with E-state index < -0.39 is 5.97 Å². The number of carboxylic acids is 1. The molecule has 2 rings (SSSR count). The van der Waals surface area contributed by atoms with Crippen molar-refractivity contribution in [2.75, 3.05) is 13.6 Å². The number of carboxylic acid groups (broad SMARTS) is 1. The SMILES string of the molecule is CC(C)N(C)C(=O)N1CCc2ccc(C(=O)O)cc2C1. The van der Waals surface area contributed by atoms with E-state index >= 15 is 0 Å². The summed E-state index contributed by atoms with van der Waals surface area (Å²) in [6.45, 7) is 5.10. The molecule has 20 heavy (non-hydrogen) atoms. The van der Waals surface area contributed by atoms with Crippen LogP contribution in [0.25, 0.3) is 0 Å². The van der Waals surface area contributed by atoms with Crippen molar-refractivity contribution in [2.24, 2.45) is 0 Å². The Labute approximate surface area is 118 Å². The molecule has 0 unspecified atom stereocenters. The van der Waals surface area contributed by atoms with Gasteiger partial charge in [0, 0.05) is 26.2 Å². The van der Waals surface area contributed by atoms with Gasteiger partial charge in [0.05, 0.1) is 5.56 Å². The van der Waals surface area contributed by atoms with Crippen molar-refractivity contribution in [3.05, 3.63) is 34.9 Å². The van der Waals surface area contributed by atoms with Crippen LogP contribution in [0.5, 0.6) is 0 Å². The Kier molecular flexibility index (Phi) is 3.97. The van der Waals surface area contributed by atoms with Gasteiger partial charge in [0.25, 0.3) is 0 Å². The minimum absolute atomic E-state index is 0.00798. The summed E-state index contributed by atoms with van der Waals surface area (Å²) >= 11 is 0. The summed E-state index contributed by atoms with van der Waals surface area (Å²) in [4.78, 5) is 26.8. The van der Waals surface area contributed by atoms with Gasteiger partial charge in [0.1, 0.15) is 0 Å². The number of carbonyl (C=O) groups excluding carboxylic acids is 1. The van der Waals surface area contributed by atoms with Crippen molar-refractivity contribution in [3.63, 3.8) is 0 Å². The third-order valence-electron chi connectivity index (χ3n) is 3.81. The van der Waals surface area contributed by atoms with Gasteiger partial charge in [0.15, 0.2) is 0 Å². The van der Waals surface area contributed by atoms with E-state index in [9.17, 15) is 9.59 Å². The predicted octanol–water partition coefficient (Wildman–Crippen LogP) is 2.20. The van der Waals surface area contributed by atoms with Crippen LogP contribution in [0.2, 0.25) is 0 Å². The Hall–Kier alpha value is -2.04. The van der Waals surface area contributed by atoms with Crippen molar-refractivity contribution >= 4 is 12.0 Å². The largest absolute Gasteiger partial charge is 0.478 e. The van der Waals surface area contributed by atoms with Gasteiger partial charge in [-0.1, -0.05) is 6.07 Å². The summed E-state index contributed by atoms with van der Waals surface area (Å²) in [5, 5.41) is 9.03. The van der Waals surface area contributed by atoms with E-state index in [1.165, 1.54) is 0 Å². The number of hydrogen-bond acceptors (Lipinski definition) is 2. The third kappa shape index (κ3) is 2.76. The summed E-state index contributed by atoms with van der Waals surface area (Å²) in [6.07, 6.45) is 0.771. The molecule has 5 nitrogen and oxygen atoms in total. The number of nitrogens with zero attached hydrogens (tertiary/aromatic N) is 2. The van der Waals surface area contributed by atoms with Gasteiger partial charge in [-0.3, -0.25) is 0 Å². The van der Waals surface area contributed by atoms with Crippen LogP contribution in [0.1, 0.15) is 35.3 Å². The molecule has 1 aromatic carbocycles. The molecule has 2 amide bonds. The van der Waals surface area contributed by atoms with Gasteiger partial charge in [-0.2, -0.15) is 0 Å². The molecule has 0 fully saturated rings. The normalized spacial score (nSPS) is 14.1. The average Bonchev–Trinajstić information content (AvgIpc) is 2.44. The molecule has 1 heterocycles. The molecule has 108 valence electrons. The molecule has 0 saturated heterocycles. The van der Waals surface area contributed by atoms with Crippen LogP contribution in [0, 0.1) is 0 Å². The van der Waals surface area contributed by atoms with Crippen molar-refractivity contribution in [2.45, 2.75) is 32.9 Å². The lowest BCUT2D eigenvalue weighted by Crippen LogP contribution is -2.46. The zero-order valence-corrected chi connectivity index (χ0v) is 12.1. The number of aromatic carboxylic acids is 1. The third-order valence-corrected chi connectivity index (χ3v) is 3.81. The zero-order chi connectivity index (χ0) is 14.9. The number of carbonyl (C=O) groups is 2. The summed E-state index contributed by atoms with van der Waals surface area (Å²) in [5.74, 6) is -0.935. The van der Waals surface area contributed by atoms with E-state index in [2.05, 4.69) is 0 Å². The highest BCUT2D eigenvalue weighted by atomic mass is 16.4. The zero-order valence-electron chi connectivity index (χ0n) is 12.1. The lowest BCUT2D eigenvalue weighted by atomic mass is 9.97. The van der Waals surface area contributed by atoms with Crippen LogP contribution in [-0.2, 0) is 13.0 Å². The van der Waals surface area contributed by atoms with Gasteiger partial charge in [0.2, 0.25) is 0 Å². The minimum atomic E-state index is -0.935. The van der Waals surface area contributed by atoms with E-state index in [0.29, 0.717) is 13.1 Å². The van der Waals surface area contributed by atoms with Crippen LogP contribution >= 0.6 is 0 Å². The number of fused-ring (bicyclic) bond motifs is 1. The fourth-order valence-electron chi connectivity index (χ4n) is 2.30. The number of hydrogen-bond donors (Lipinski definition) is 1. The summed E-state index contributed by atoms with van der Waals surface area (Å²) < 4.78 is 0. The van der Waals surface area contributed by atoms with Crippen LogP contribution < -0.4 is 0 Å². The molecular weight excluding hydrogens is 256 g/mol. The van der Waals surface area contributed by atoms with E-state index in [0.717, 1.165) is 17.5 Å². The number of benzene rings is 1. The Morgan fingerprint density at radius 1 is 1.30 bits per heavy atom. The molecule has 0 aromatic heterocycles. The fourth-order valence-corrected chi connectivity index (χ4v) is 2.30. The van der Waals surface area contributed by atoms with Crippen molar-refractivity contribution in [1.29, 1.82) is 0 Å². The Bertz CT molecular complexity index is 540. The van der Waals surface area contributed by atoms with E-state index in [-0.39, 0.29) is 17.6 Å². The first kappa shape index (κ1) is 14.4.